The second-order valence-corrected chi connectivity index (χ2v) is 10.3. The Morgan fingerprint density at radius 3 is 1.21 bits per heavy atom. The summed E-state index contributed by atoms with van der Waals surface area (Å²) in [5.41, 5.74) is 16.8. The highest BCUT2D eigenvalue weighted by Crippen LogP contribution is 2.37. The van der Waals surface area contributed by atoms with Crippen LogP contribution in [-0.4, -0.2) is 15.0 Å². The van der Waals surface area contributed by atoms with Gasteiger partial charge in [-0.15, -0.1) is 0 Å². The Morgan fingerprint density at radius 1 is 0.302 bits per heavy atom. The van der Waals surface area contributed by atoms with Crippen molar-refractivity contribution in [1.82, 2.24) is 15.0 Å². The first-order valence-corrected chi connectivity index (χ1v) is 14.2. The maximum Gasteiger partial charge on any atom is 0.164 e. The molecule has 0 unspecified atom stereocenters. The van der Waals surface area contributed by atoms with Crippen molar-refractivity contribution in [2.75, 3.05) is 5.73 Å². The van der Waals surface area contributed by atoms with Crippen LogP contribution in [0.5, 0.6) is 0 Å². The molecule has 0 radical (unpaired) electrons. The first kappa shape index (κ1) is 26.1. The van der Waals surface area contributed by atoms with E-state index in [0.29, 0.717) is 17.5 Å². The lowest BCUT2D eigenvalue weighted by Gasteiger charge is -2.14. The monoisotopic (exact) mass is 552 g/mol. The minimum absolute atomic E-state index is 0.631. The second kappa shape index (κ2) is 11.6. The second-order valence-electron chi connectivity index (χ2n) is 10.3. The summed E-state index contributed by atoms with van der Waals surface area (Å²) in [4.78, 5) is 14.5. The molecular formula is C39H28N4. The van der Waals surface area contributed by atoms with Crippen molar-refractivity contribution >= 4 is 5.69 Å². The zero-order valence-corrected chi connectivity index (χ0v) is 23.4. The first-order chi connectivity index (χ1) is 21.2. The molecule has 0 saturated heterocycles. The summed E-state index contributed by atoms with van der Waals surface area (Å²) < 4.78 is 0. The number of anilines is 1. The molecule has 1 aromatic heterocycles. The lowest BCUT2D eigenvalue weighted by atomic mass is 9.92. The molecule has 0 aliphatic carbocycles. The van der Waals surface area contributed by atoms with E-state index < -0.39 is 0 Å². The Kier molecular flexibility index (Phi) is 7.00. The molecule has 0 atom stereocenters. The number of hydrogen-bond acceptors (Lipinski definition) is 4. The Hall–Kier alpha value is -5.87. The summed E-state index contributed by atoms with van der Waals surface area (Å²) in [6.45, 7) is 0. The lowest BCUT2D eigenvalue weighted by molar-refractivity contribution is 1.07. The van der Waals surface area contributed by atoms with Crippen LogP contribution in [0, 0.1) is 0 Å². The Balaban J connectivity index is 1.23. The van der Waals surface area contributed by atoms with Crippen LogP contribution >= 0.6 is 0 Å². The average Bonchev–Trinajstić information content (AvgIpc) is 3.09. The minimum atomic E-state index is 0.631. The number of hydrogen-bond donors (Lipinski definition) is 1. The van der Waals surface area contributed by atoms with Crippen molar-refractivity contribution < 1.29 is 0 Å². The molecule has 6 aromatic carbocycles. The number of nitrogen functional groups attached to an aromatic ring is 1. The Bertz CT molecular complexity index is 1950. The Morgan fingerprint density at radius 2 is 0.698 bits per heavy atom. The van der Waals surface area contributed by atoms with Crippen LogP contribution < -0.4 is 5.73 Å². The van der Waals surface area contributed by atoms with Crippen molar-refractivity contribution in [3.05, 3.63) is 158 Å². The topological polar surface area (TPSA) is 64.7 Å². The van der Waals surface area contributed by atoms with Gasteiger partial charge in [0.1, 0.15) is 0 Å². The van der Waals surface area contributed by atoms with Gasteiger partial charge in [-0.2, -0.15) is 0 Å². The summed E-state index contributed by atoms with van der Waals surface area (Å²) in [6.07, 6.45) is 0. The molecule has 4 heteroatoms. The molecule has 2 N–H and O–H groups in total. The van der Waals surface area contributed by atoms with Gasteiger partial charge in [-0.3, -0.25) is 0 Å². The average molecular weight is 553 g/mol. The highest BCUT2D eigenvalue weighted by atomic mass is 15.0. The van der Waals surface area contributed by atoms with E-state index in [9.17, 15) is 0 Å². The third kappa shape index (κ3) is 5.42. The van der Waals surface area contributed by atoms with E-state index in [-0.39, 0.29) is 0 Å². The fourth-order valence-corrected chi connectivity index (χ4v) is 5.32. The van der Waals surface area contributed by atoms with Crippen LogP contribution in [0.2, 0.25) is 0 Å². The van der Waals surface area contributed by atoms with Crippen molar-refractivity contribution in [3.8, 4) is 67.5 Å². The molecular weight excluding hydrogens is 524 g/mol. The molecule has 7 rings (SSSR count). The lowest BCUT2D eigenvalue weighted by Crippen LogP contribution is -2.00. The van der Waals surface area contributed by atoms with E-state index in [1.807, 2.05) is 66.7 Å². The SMILES string of the molecule is Nc1cc(-c2ccc(-c3nc(-c4ccccc4)nc(-c4ccccc4)n3)cc2)ccc1-c1ccccc1-c1ccccc1. The summed E-state index contributed by atoms with van der Waals surface area (Å²) in [5, 5.41) is 0. The highest BCUT2D eigenvalue weighted by molar-refractivity contribution is 5.90. The number of aromatic nitrogens is 3. The standard InChI is InChI=1S/C39H28N4/c40-36-26-32(24-25-35(36)34-19-11-10-18-33(34)28-12-4-1-5-13-28)27-20-22-31(23-21-27)39-42-37(29-14-6-2-7-15-29)41-38(43-39)30-16-8-3-9-17-30/h1-26H,40H2. The molecule has 43 heavy (non-hydrogen) atoms. The van der Waals surface area contributed by atoms with Crippen LogP contribution in [0.1, 0.15) is 0 Å². The smallest absolute Gasteiger partial charge is 0.164 e. The molecule has 204 valence electrons. The van der Waals surface area contributed by atoms with Gasteiger partial charge in [-0.1, -0.05) is 152 Å². The quantitative estimate of drug-likeness (QED) is 0.209. The van der Waals surface area contributed by atoms with E-state index in [0.717, 1.165) is 50.2 Å². The van der Waals surface area contributed by atoms with Crippen LogP contribution in [0.25, 0.3) is 67.5 Å². The van der Waals surface area contributed by atoms with Gasteiger partial charge in [-0.25, -0.2) is 15.0 Å². The number of rotatable bonds is 6. The fourth-order valence-electron chi connectivity index (χ4n) is 5.32. The molecule has 0 amide bonds. The number of nitrogens with zero attached hydrogens (tertiary/aromatic N) is 3. The van der Waals surface area contributed by atoms with Crippen molar-refractivity contribution in [3.63, 3.8) is 0 Å². The molecule has 7 aromatic rings. The normalized spacial score (nSPS) is 10.9. The van der Waals surface area contributed by atoms with Crippen molar-refractivity contribution in [2.24, 2.45) is 0 Å². The predicted molar refractivity (Wildman–Crippen MR) is 177 cm³/mol. The van der Waals surface area contributed by atoms with E-state index in [4.69, 9.17) is 20.7 Å². The van der Waals surface area contributed by atoms with Gasteiger partial charge in [0.2, 0.25) is 0 Å². The number of benzene rings is 6. The zero-order valence-electron chi connectivity index (χ0n) is 23.4. The molecule has 4 nitrogen and oxygen atoms in total. The maximum atomic E-state index is 6.68. The van der Waals surface area contributed by atoms with Gasteiger partial charge >= 0.3 is 0 Å². The van der Waals surface area contributed by atoms with E-state index in [1.165, 1.54) is 5.56 Å². The van der Waals surface area contributed by atoms with Crippen molar-refractivity contribution in [2.45, 2.75) is 0 Å². The van der Waals surface area contributed by atoms with Crippen molar-refractivity contribution in [1.29, 1.82) is 0 Å². The highest BCUT2D eigenvalue weighted by Gasteiger charge is 2.14. The van der Waals surface area contributed by atoms with E-state index >= 15 is 0 Å². The molecule has 0 aliphatic heterocycles. The Labute approximate surface area is 251 Å². The molecule has 0 spiro atoms. The summed E-state index contributed by atoms with van der Waals surface area (Å²) in [7, 11) is 0. The van der Waals surface area contributed by atoms with E-state index in [2.05, 4.69) is 91.0 Å². The van der Waals surface area contributed by atoms with Crippen LogP contribution in [0.3, 0.4) is 0 Å². The van der Waals surface area contributed by atoms with E-state index in [1.54, 1.807) is 0 Å². The van der Waals surface area contributed by atoms with Gasteiger partial charge in [0, 0.05) is 27.9 Å². The molecule has 0 saturated carbocycles. The van der Waals surface area contributed by atoms with Gasteiger partial charge in [0.05, 0.1) is 0 Å². The predicted octanol–water partition coefficient (Wildman–Crippen LogP) is 9.46. The fraction of sp³-hybridized carbons (Fsp3) is 0. The van der Waals surface area contributed by atoms with Gasteiger partial charge in [0.15, 0.2) is 17.5 Å². The van der Waals surface area contributed by atoms with Crippen LogP contribution in [0.15, 0.2) is 158 Å². The third-order valence-electron chi connectivity index (χ3n) is 7.53. The largest absolute Gasteiger partial charge is 0.398 e. The number of nitrogens with two attached hydrogens (primary N) is 1. The van der Waals surface area contributed by atoms with Gasteiger partial charge < -0.3 is 5.73 Å². The molecule has 0 fully saturated rings. The summed E-state index contributed by atoms with van der Waals surface area (Å²) in [6, 6.07) is 53.4. The van der Waals surface area contributed by atoms with Gasteiger partial charge in [-0.05, 0) is 33.9 Å². The molecule has 0 aliphatic rings. The minimum Gasteiger partial charge on any atom is -0.398 e. The molecule has 1 heterocycles. The van der Waals surface area contributed by atoms with Gasteiger partial charge in [0.25, 0.3) is 0 Å². The zero-order chi connectivity index (χ0) is 29.0. The maximum absolute atomic E-state index is 6.68. The summed E-state index contributed by atoms with van der Waals surface area (Å²) >= 11 is 0. The van der Waals surface area contributed by atoms with Crippen LogP contribution in [0.4, 0.5) is 5.69 Å². The molecule has 0 bridgehead atoms. The first-order valence-electron chi connectivity index (χ1n) is 14.2. The summed E-state index contributed by atoms with van der Waals surface area (Å²) in [5.74, 6) is 1.92. The third-order valence-corrected chi connectivity index (χ3v) is 7.53. The van der Waals surface area contributed by atoms with Crippen LogP contribution in [-0.2, 0) is 0 Å².